The molecule has 0 spiro atoms. The predicted octanol–water partition coefficient (Wildman–Crippen LogP) is 4.05. The normalized spacial score (nSPS) is 15.8. The molecular formula is C23H23F2N3O3. The number of nitrogens with one attached hydrogen (secondary N) is 1. The highest BCUT2D eigenvalue weighted by Crippen LogP contribution is 2.31. The van der Waals surface area contributed by atoms with Crippen molar-refractivity contribution < 1.29 is 23.0 Å². The number of benzene rings is 2. The summed E-state index contributed by atoms with van der Waals surface area (Å²) in [6.45, 7) is 0.826. The van der Waals surface area contributed by atoms with E-state index in [0.717, 1.165) is 24.2 Å². The van der Waals surface area contributed by atoms with Crippen molar-refractivity contribution in [3.05, 3.63) is 77.6 Å². The number of carbonyl (C=O) groups excluding carboxylic acids is 1. The maximum atomic E-state index is 13.6. The lowest BCUT2D eigenvalue weighted by Gasteiger charge is -2.23. The number of likely N-dealkylation sites (tertiary alicyclic amines) is 1. The minimum Gasteiger partial charge on any atom is -0.490 e. The Labute approximate surface area is 178 Å². The molecule has 1 fully saturated rings. The summed E-state index contributed by atoms with van der Waals surface area (Å²) in [7, 11) is 0. The average molecular weight is 427 g/mol. The molecule has 2 aromatic carbocycles. The lowest BCUT2D eigenvalue weighted by atomic mass is 10.1. The van der Waals surface area contributed by atoms with E-state index in [4.69, 9.17) is 9.47 Å². The molecule has 31 heavy (non-hydrogen) atoms. The smallest absolute Gasteiger partial charge is 0.261 e. The molecule has 1 aliphatic rings. The van der Waals surface area contributed by atoms with Crippen LogP contribution >= 0.6 is 0 Å². The third-order valence-corrected chi connectivity index (χ3v) is 5.21. The van der Waals surface area contributed by atoms with Crippen LogP contribution in [0.1, 0.15) is 30.3 Å². The van der Waals surface area contributed by atoms with Gasteiger partial charge in [0, 0.05) is 18.7 Å². The highest BCUT2D eigenvalue weighted by molar-refractivity contribution is 5.78. The Kier molecular flexibility index (Phi) is 6.45. The number of aromatic amines is 1. The largest absolute Gasteiger partial charge is 0.490 e. The summed E-state index contributed by atoms with van der Waals surface area (Å²) in [5, 5.41) is 7.35. The van der Waals surface area contributed by atoms with Crippen LogP contribution in [0.2, 0.25) is 0 Å². The third-order valence-electron chi connectivity index (χ3n) is 5.21. The minimum absolute atomic E-state index is 0.115. The number of halogens is 2. The molecule has 3 aromatic rings. The second-order valence-electron chi connectivity index (χ2n) is 7.33. The zero-order chi connectivity index (χ0) is 21.6. The number of hydrogen-bond acceptors (Lipinski definition) is 4. The van der Waals surface area contributed by atoms with Crippen LogP contribution in [-0.4, -0.2) is 40.8 Å². The van der Waals surface area contributed by atoms with E-state index in [1.165, 1.54) is 30.3 Å². The van der Waals surface area contributed by atoms with Crippen molar-refractivity contribution in [2.75, 3.05) is 19.8 Å². The van der Waals surface area contributed by atoms with E-state index in [9.17, 15) is 13.6 Å². The number of aromatic nitrogens is 2. The second kappa shape index (κ2) is 9.59. The molecule has 2 heterocycles. The molecule has 1 amide bonds. The molecule has 0 unspecified atom stereocenters. The average Bonchev–Trinajstić information content (AvgIpc) is 3.44. The molecule has 1 aromatic heterocycles. The van der Waals surface area contributed by atoms with Crippen molar-refractivity contribution in [3.63, 3.8) is 0 Å². The summed E-state index contributed by atoms with van der Waals surface area (Å²) < 4.78 is 37.6. The van der Waals surface area contributed by atoms with Crippen molar-refractivity contribution in [3.8, 4) is 11.5 Å². The molecule has 0 saturated carbocycles. The summed E-state index contributed by atoms with van der Waals surface area (Å²) in [5.41, 5.74) is 1.64. The van der Waals surface area contributed by atoms with Gasteiger partial charge in [-0.3, -0.25) is 9.89 Å². The maximum absolute atomic E-state index is 13.6. The summed E-state index contributed by atoms with van der Waals surface area (Å²) in [5.74, 6) is -0.222. The van der Waals surface area contributed by atoms with Gasteiger partial charge in [-0.25, -0.2) is 8.78 Å². The molecule has 6 nitrogen and oxygen atoms in total. The zero-order valence-electron chi connectivity index (χ0n) is 16.9. The molecule has 0 bridgehead atoms. The standard InChI is InChI=1S/C23H23F2N3O3/c24-16-7-9-18(10-8-16)31-15-23(29)28-12-3-5-21(28)20-14-17(26-27-20)11-13-30-22-6-2-1-4-19(22)25/h1-2,4,6-10,14,21H,3,5,11-13,15H2,(H,26,27)/t21-/m1/s1. The van der Waals surface area contributed by atoms with E-state index < -0.39 is 5.82 Å². The molecular weight excluding hydrogens is 404 g/mol. The number of carbonyl (C=O) groups is 1. The molecule has 0 radical (unpaired) electrons. The quantitative estimate of drug-likeness (QED) is 0.589. The van der Waals surface area contributed by atoms with Gasteiger partial charge in [0.2, 0.25) is 0 Å². The molecule has 1 aliphatic heterocycles. The lowest BCUT2D eigenvalue weighted by molar-refractivity contribution is -0.134. The Balaban J connectivity index is 1.31. The summed E-state index contributed by atoms with van der Waals surface area (Å²) in [4.78, 5) is 14.4. The molecule has 1 atom stereocenters. The number of rotatable bonds is 8. The Morgan fingerprint density at radius 3 is 2.74 bits per heavy atom. The van der Waals surface area contributed by atoms with E-state index in [1.807, 2.05) is 6.07 Å². The van der Waals surface area contributed by atoms with E-state index >= 15 is 0 Å². The van der Waals surface area contributed by atoms with Gasteiger partial charge in [0.15, 0.2) is 18.2 Å². The first kappa shape index (κ1) is 20.8. The van der Waals surface area contributed by atoms with Crippen LogP contribution in [0.3, 0.4) is 0 Å². The van der Waals surface area contributed by atoms with Crippen LogP contribution in [0, 0.1) is 11.6 Å². The van der Waals surface area contributed by atoms with Crippen molar-refractivity contribution in [1.82, 2.24) is 15.1 Å². The van der Waals surface area contributed by atoms with Crippen LogP contribution < -0.4 is 9.47 Å². The molecule has 1 N–H and O–H groups in total. The van der Waals surface area contributed by atoms with Crippen LogP contribution in [-0.2, 0) is 11.2 Å². The van der Waals surface area contributed by atoms with E-state index in [2.05, 4.69) is 10.2 Å². The fourth-order valence-electron chi connectivity index (χ4n) is 3.64. The number of para-hydroxylation sites is 1. The Morgan fingerprint density at radius 2 is 1.94 bits per heavy atom. The molecule has 8 heteroatoms. The minimum atomic E-state index is -0.393. The first-order chi connectivity index (χ1) is 15.1. The van der Waals surface area contributed by atoms with Gasteiger partial charge in [-0.05, 0) is 55.3 Å². The second-order valence-corrected chi connectivity index (χ2v) is 7.33. The van der Waals surface area contributed by atoms with Gasteiger partial charge in [0.05, 0.1) is 18.3 Å². The van der Waals surface area contributed by atoms with Crippen molar-refractivity contribution >= 4 is 5.91 Å². The molecule has 1 saturated heterocycles. The van der Waals surface area contributed by atoms with E-state index in [0.29, 0.717) is 25.3 Å². The van der Waals surface area contributed by atoms with Crippen molar-refractivity contribution in [2.45, 2.75) is 25.3 Å². The zero-order valence-corrected chi connectivity index (χ0v) is 16.9. The third kappa shape index (κ3) is 5.20. The highest BCUT2D eigenvalue weighted by atomic mass is 19.1. The maximum Gasteiger partial charge on any atom is 0.261 e. The summed E-state index contributed by atoms with van der Waals surface area (Å²) >= 11 is 0. The van der Waals surface area contributed by atoms with E-state index in [-0.39, 0.29) is 30.1 Å². The van der Waals surface area contributed by atoms with Crippen molar-refractivity contribution in [1.29, 1.82) is 0 Å². The topological polar surface area (TPSA) is 67.4 Å². The Bertz CT molecular complexity index is 1020. The van der Waals surface area contributed by atoms with Crippen molar-refractivity contribution in [2.24, 2.45) is 0 Å². The Morgan fingerprint density at radius 1 is 1.13 bits per heavy atom. The first-order valence-electron chi connectivity index (χ1n) is 10.2. The van der Waals surface area contributed by atoms with Gasteiger partial charge in [0.1, 0.15) is 11.6 Å². The fourth-order valence-corrected chi connectivity index (χ4v) is 3.64. The molecule has 162 valence electrons. The molecule has 0 aliphatic carbocycles. The summed E-state index contributed by atoms with van der Waals surface area (Å²) in [6, 6.07) is 13.6. The van der Waals surface area contributed by atoms with Gasteiger partial charge >= 0.3 is 0 Å². The number of amides is 1. The number of H-pyrrole nitrogens is 1. The van der Waals surface area contributed by atoms with Gasteiger partial charge in [-0.1, -0.05) is 12.1 Å². The van der Waals surface area contributed by atoms with Gasteiger partial charge < -0.3 is 14.4 Å². The fraction of sp³-hybridized carbons (Fsp3) is 0.304. The molecule has 4 rings (SSSR count). The lowest BCUT2D eigenvalue weighted by Crippen LogP contribution is -2.34. The first-order valence-corrected chi connectivity index (χ1v) is 10.2. The number of hydrogen-bond donors (Lipinski definition) is 1. The SMILES string of the molecule is O=C(COc1ccc(F)cc1)N1CCC[C@@H]1c1cc(CCOc2ccccc2F)[nH]n1. The number of nitrogens with zero attached hydrogens (tertiary/aromatic N) is 2. The predicted molar refractivity (Wildman–Crippen MR) is 110 cm³/mol. The van der Waals surface area contributed by atoms with Gasteiger partial charge in [0.25, 0.3) is 5.91 Å². The highest BCUT2D eigenvalue weighted by Gasteiger charge is 2.31. The van der Waals surface area contributed by atoms with Gasteiger partial charge in [-0.2, -0.15) is 5.10 Å². The van der Waals surface area contributed by atoms with Crippen LogP contribution in [0.15, 0.2) is 54.6 Å². The Hall–Kier alpha value is -3.42. The summed E-state index contributed by atoms with van der Waals surface area (Å²) in [6.07, 6.45) is 2.24. The van der Waals surface area contributed by atoms with Crippen LogP contribution in [0.4, 0.5) is 8.78 Å². The van der Waals surface area contributed by atoms with Gasteiger partial charge in [-0.15, -0.1) is 0 Å². The monoisotopic (exact) mass is 427 g/mol. The van der Waals surface area contributed by atoms with Crippen LogP contribution in [0.25, 0.3) is 0 Å². The van der Waals surface area contributed by atoms with E-state index in [1.54, 1.807) is 23.1 Å². The van der Waals surface area contributed by atoms with Crippen LogP contribution in [0.5, 0.6) is 11.5 Å². The number of ether oxygens (including phenoxy) is 2.